The van der Waals surface area contributed by atoms with Gasteiger partial charge < -0.3 is 10.6 Å². The molecule has 0 spiro atoms. The van der Waals surface area contributed by atoms with Gasteiger partial charge in [0.2, 0.25) is 15.9 Å². The van der Waals surface area contributed by atoms with E-state index < -0.39 is 16.1 Å². The molecule has 118 valence electrons. The number of nitrogens with two attached hydrogens (primary N) is 1. The number of likely N-dealkylation sites (N-methyl/N-ethyl adjacent to an activating group) is 1. The highest BCUT2D eigenvalue weighted by Crippen LogP contribution is 2.22. The van der Waals surface area contributed by atoms with Gasteiger partial charge in [-0.25, -0.2) is 8.42 Å². The Morgan fingerprint density at radius 3 is 2.48 bits per heavy atom. The fourth-order valence-corrected chi connectivity index (χ4v) is 3.49. The SMILES string of the molecule is CCN(CC)C(=O)C(C)NS(=O)(=O)c1cc(Cl)ccc1N. The quantitative estimate of drug-likeness (QED) is 0.771. The van der Waals surface area contributed by atoms with E-state index >= 15 is 0 Å². The zero-order chi connectivity index (χ0) is 16.2. The molecular weight excluding hydrogens is 314 g/mol. The molecule has 0 aliphatic rings. The number of nitrogens with zero attached hydrogens (tertiary/aromatic N) is 1. The van der Waals surface area contributed by atoms with Crippen LogP contribution >= 0.6 is 11.6 Å². The van der Waals surface area contributed by atoms with Gasteiger partial charge in [0.15, 0.2) is 0 Å². The summed E-state index contributed by atoms with van der Waals surface area (Å²) < 4.78 is 26.9. The van der Waals surface area contributed by atoms with Crippen molar-refractivity contribution < 1.29 is 13.2 Å². The molecule has 6 nitrogen and oxygen atoms in total. The molecule has 0 bridgehead atoms. The van der Waals surface area contributed by atoms with E-state index in [1.54, 1.807) is 4.90 Å². The van der Waals surface area contributed by atoms with Crippen LogP contribution in [-0.2, 0) is 14.8 Å². The Bertz CT molecular complexity index is 615. The normalized spacial score (nSPS) is 13.0. The lowest BCUT2D eigenvalue weighted by atomic mass is 10.3. The van der Waals surface area contributed by atoms with E-state index in [1.807, 2.05) is 13.8 Å². The van der Waals surface area contributed by atoms with Gasteiger partial charge >= 0.3 is 0 Å². The summed E-state index contributed by atoms with van der Waals surface area (Å²) in [6.45, 7) is 6.19. The van der Waals surface area contributed by atoms with Crippen molar-refractivity contribution in [3.8, 4) is 0 Å². The number of hydrogen-bond donors (Lipinski definition) is 2. The Hall–Kier alpha value is -1.31. The van der Waals surface area contributed by atoms with Crippen molar-refractivity contribution in [3.63, 3.8) is 0 Å². The summed E-state index contributed by atoms with van der Waals surface area (Å²) in [5.74, 6) is -0.288. The maximum absolute atomic E-state index is 12.3. The molecule has 1 aromatic carbocycles. The molecular formula is C13H20ClN3O3S. The summed E-state index contributed by atoms with van der Waals surface area (Å²) in [6, 6.07) is 3.29. The number of benzene rings is 1. The van der Waals surface area contributed by atoms with Crippen LogP contribution < -0.4 is 10.5 Å². The standard InChI is InChI=1S/C13H20ClN3O3S/c1-4-17(5-2)13(18)9(3)16-21(19,20)12-8-10(14)6-7-11(12)15/h6-9,16H,4-5,15H2,1-3H3. The molecule has 0 radical (unpaired) electrons. The molecule has 1 aromatic rings. The Morgan fingerprint density at radius 2 is 1.95 bits per heavy atom. The summed E-state index contributed by atoms with van der Waals surface area (Å²) in [4.78, 5) is 13.5. The maximum Gasteiger partial charge on any atom is 0.243 e. The number of anilines is 1. The van der Waals surface area contributed by atoms with Crippen LogP contribution in [0.2, 0.25) is 5.02 Å². The Labute approximate surface area is 130 Å². The van der Waals surface area contributed by atoms with Crippen molar-refractivity contribution in [2.75, 3.05) is 18.8 Å². The van der Waals surface area contributed by atoms with Gasteiger partial charge in [0.05, 0.1) is 11.7 Å². The van der Waals surface area contributed by atoms with Crippen molar-refractivity contribution in [1.82, 2.24) is 9.62 Å². The Balaban J connectivity index is 3.00. The van der Waals surface area contributed by atoms with E-state index in [1.165, 1.54) is 25.1 Å². The van der Waals surface area contributed by atoms with Crippen molar-refractivity contribution in [2.24, 2.45) is 0 Å². The summed E-state index contributed by atoms with van der Waals surface area (Å²) in [7, 11) is -3.91. The molecule has 3 N–H and O–H groups in total. The van der Waals surface area contributed by atoms with E-state index in [4.69, 9.17) is 17.3 Å². The van der Waals surface area contributed by atoms with E-state index in [2.05, 4.69) is 4.72 Å². The molecule has 0 saturated carbocycles. The third-order valence-electron chi connectivity index (χ3n) is 3.04. The van der Waals surface area contributed by atoms with Gasteiger partial charge in [-0.2, -0.15) is 4.72 Å². The molecule has 0 heterocycles. The van der Waals surface area contributed by atoms with Crippen molar-refractivity contribution >= 4 is 33.2 Å². The summed E-state index contributed by atoms with van der Waals surface area (Å²) in [6.07, 6.45) is 0. The predicted molar refractivity (Wildman–Crippen MR) is 83.6 cm³/mol. The summed E-state index contributed by atoms with van der Waals surface area (Å²) in [5.41, 5.74) is 5.74. The smallest absolute Gasteiger partial charge is 0.243 e. The van der Waals surface area contributed by atoms with Crippen LogP contribution in [-0.4, -0.2) is 38.4 Å². The second-order valence-corrected chi connectivity index (χ2v) is 6.65. The third kappa shape index (κ3) is 4.33. The molecule has 0 aliphatic heterocycles. The minimum absolute atomic E-state index is 0.0781. The average Bonchev–Trinajstić information content (AvgIpc) is 2.42. The second kappa shape index (κ2) is 7.11. The van der Waals surface area contributed by atoms with Gasteiger partial charge in [-0.3, -0.25) is 4.79 Å². The molecule has 1 atom stereocenters. The van der Waals surface area contributed by atoms with E-state index in [0.717, 1.165) is 0 Å². The van der Waals surface area contributed by atoms with Crippen molar-refractivity contribution in [2.45, 2.75) is 31.7 Å². The van der Waals surface area contributed by atoms with E-state index in [9.17, 15) is 13.2 Å². The Morgan fingerprint density at radius 1 is 1.38 bits per heavy atom. The van der Waals surface area contributed by atoms with Crippen LogP contribution in [0.3, 0.4) is 0 Å². The maximum atomic E-state index is 12.3. The van der Waals surface area contributed by atoms with Crippen LogP contribution in [0.1, 0.15) is 20.8 Å². The molecule has 0 fully saturated rings. The number of hydrogen-bond acceptors (Lipinski definition) is 4. The van der Waals surface area contributed by atoms with E-state index in [0.29, 0.717) is 13.1 Å². The zero-order valence-corrected chi connectivity index (χ0v) is 13.8. The minimum Gasteiger partial charge on any atom is -0.398 e. The molecule has 0 aliphatic carbocycles. The predicted octanol–water partition coefficient (Wildman–Crippen LogP) is 1.46. The second-order valence-electron chi connectivity index (χ2n) is 4.54. The largest absolute Gasteiger partial charge is 0.398 e. The van der Waals surface area contributed by atoms with Gasteiger partial charge in [0.25, 0.3) is 0 Å². The van der Waals surface area contributed by atoms with Gasteiger partial charge in [-0.05, 0) is 39.0 Å². The van der Waals surface area contributed by atoms with Crippen LogP contribution in [0.15, 0.2) is 23.1 Å². The lowest BCUT2D eigenvalue weighted by molar-refractivity contribution is -0.132. The lowest BCUT2D eigenvalue weighted by Gasteiger charge is -2.23. The van der Waals surface area contributed by atoms with Crippen LogP contribution in [0.25, 0.3) is 0 Å². The number of carbonyl (C=O) groups is 1. The fraction of sp³-hybridized carbons (Fsp3) is 0.462. The van der Waals surface area contributed by atoms with Gasteiger partial charge in [-0.1, -0.05) is 11.6 Å². The van der Waals surface area contributed by atoms with Gasteiger partial charge in [-0.15, -0.1) is 0 Å². The Kier molecular flexibility index (Phi) is 6.00. The van der Waals surface area contributed by atoms with Gasteiger partial charge in [0, 0.05) is 18.1 Å². The molecule has 0 saturated heterocycles. The number of amides is 1. The topological polar surface area (TPSA) is 92.5 Å². The number of rotatable bonds is 6. The van der Waals surface area contributed by atoms with Crippen LogP contribution in [0.5, 0.6) is 0 Å². The number of nitrogen functional groups attached to an aromatic ring is 1. The van der Waals surface area contributed by atoms with Crippen molar-refractivity contribution in [3.05, 3.63) is 23.2 Å². The molecule has 1 rings (SSSR count). The van der Waals surface area contributed by atoms with Crippen LogP contribution in [0, 0.1) is 0 Å². The first-order chi connectivity index (χ1) is 9.72. The van der Waals surface area contributed by atoms with E-state index in [-0.39, 0.29) is 21.5 Å². The zero-order valence-electron chi connectivity index (χ0n) is 12.3. The number of sulfonamides is 1. The first-order valence-corrected chi connectivity index (χ1v) is 8.45. The highest BCUT2D eigenvalue weighted by molar-refractivity contribution is 7.89. The highest BCUT2D eigenvalue weighted by atomic mass is 35.5. The summed E-state index contributed by atoms with van der Waals surface area (Å²) in [5, 5.41) is 0.257. The first-order valence-electron chi connectivity index (χ1n) is 6.59. The lowest BCUT2D eigenvalue weighted by Crippen LogP contribution is -2.46. The molecule has 8 heteroatoms. The van der Waals surface area contributed by atoms with Gasteiger partial charge in [0.1, 0.15) is 4.90 Å². The monoisotopic (exact) mass is 333 g/mol. The molecule has 0 aromatic heterocycles. The number of halogens is 1. The minimum atomic E-state index is -3.91. The van der Waals surface area contributed by atoms with Crippen molar-refractivity contribution in [1.29, 1.82) is 0 Å². The molecule has 21 heavy (non-hydrogen) atoms. The highest BCUT2D eigenvalue weighted by Gasteiger charge is 2.26. The molecule has 1 unspecified atom stereocenters. The third-order valence-corrected chi connectivity index (χ3v) is 4.87. The average molecular weight is 334 g/mol. The van der Waals surface area contributed by atoms with Crippen LogP contribution in [0.4, 0.5) is 5.69 Å². The first kappa shape index (κ1) is 17.7. The number of nitrogens with one attached hydrogen (secondary N) is 1. The number of carbonyl (C=O) groups excluding carboxylic acids is 1. The fourth-order valence-electron chi connectivity index (χ4n) is 1.90. The summed E-state index contributed by atoms with van der Waals surface area (Å²) >= 11 is 5.79. The molecule has 1 amide bonds.